The minimum atomic E-state index is 0.0189. The second-order valence-electron chi connectivity index (χ2n) is 4.47. The van der Waals surface area contributed by atoms with E-state index in [1.807, 2.05) is 32.6 Å². The molecular formula is C12H22N4O. The number of carbonyl (C=O) groups is 1. The minimum Gasteiger partial charge on any atom is -0.397 e. The first-order valence-corrected chi connectivity index (χ1v) is 5.81. The quantitative estimate of drug-likeness (QED) is 0.822. The van der Waals surface area contributed by atoms with E-state index in [0.717, 1.165) is 13.1 Å². The first-order valence-electron chi connectivity index (χ1n) is 5.81. The highest BCUT2D eigenvalue weighted by Crippen LogP contribution is 2.12. The summed E-state index contributed by atoms with van der Waals surface area (Å²) in [6.45, 7) is 4.31. The number of anilines is 1. The third-order valence-corrected chi connectivity index (χ3v) is 2.71. The average molecular weight is 238 g/mol. The smallest absolute Gasteiger partial charge is 0.270 e. The van der Waals surface area contributed by atoms with Gasteiger partial charge in [0.15, 0.2) is 0 Å². The monoisotopic (exact) mass is 238 g/mol. The van der Waals surface area contributed by atoms with Gasteiger partial charge in [-0.15, -0.1) is 0 Å². The van der Waals surface area contributed by atoms with Crippen molar-refractivity contribution in [3.63, 3.8) is 0 Å². The van der Waals surface area contributed by atoms with Crippen LogP contribution in [-0.2, 0) is 6.54 Å². The van der Waals surface area contributed by atoms with Crippen molar-refractivity contribution >= 4 is 11.6 Å². The minimum absolute atomic E-state index is 0.0189. The van der Waals surface area contributed by atoms with Crippen LogP contribution in [0.1, 0.15) is 17.4 Å². The van der Waals surface area contributed by atoms with E-state index in [0.29, 0.717) is 17.9 Å². The Balaban J connectivity index is 2.74. The lowest BCUT2D eigenvalue weighted by Gasteiger charge is -2.20. The van der Waals surface area contributed by atoms with Crippen LogP contribution in [0.3, 0.4) is 0 Å². The fourth-order valence-electron chi connectivity index (χ4n) is 1.62. The summed E-state index contributed by atoms with van der Waals surface area (Å²) < 4.78 is 1.88. The van der Waals surface area contributed by atoms with Crippen LogP contribution in [-0.4, -0.2) is 54.5 Å². The van der Waals surface area contributed by atoms with Gasteiger partial charge in [-0.25, -0.2) is 0 Å². The van der Waals surface area contributed by atoms with E-state index < -0.39 is 0 Å². The predicted molar refractivity (Wildman–Crippen MR) is 70.0 cm³/mol. The molecule has 5 heteroatoms. The standard InChI is InChI=1S/C12H22N4O/c1-5-16-9-10(13)8-11(16)12(17)15(4)7-6-14(2)3/h8-9H,5-7,13H2,1-4H3. The van der Waals surface area contributed by atoms with Crippen molar-refractivity contribution in [3.8, 4) is 0 Å². The topological polar surface area (TPSA) is 54.5 Å². The highest BCUT2D eigenvalue weighted by atomic mass is 16.2. The fourth-order valence-corrected chi connectivity index (χ4v) is 1.62. The number of hydrogen-bond acceptors (Lipinski definition) is 3. The van der Waals surface area contributed by atoms with Crippen LogP contribution in [0.25, 0.3) is 0 Å². The van der Waals surface area contributed by atoms with Crippen molar-refractivity contribution < 1.29 is 4.79 Å². The molecule has 0 unspecified atom stereocenters. The van der Waals surface area contributed by atoms with Gasteiger partial charge in [-0.3, -0.25) is 4.79 Å². The van der Waals surface area contributed by atoms with Crippen molar-refractivity contribution in [2.24, 2.45) is 0 Å². The van der Waals surface area contributed by atoms with Crippen LogP contribution in [0.15, 0.2) is 12.3 Å². The zero-order valence-electron chi connectivity index (χ0n) is 11.1. The largest absolute Gasteiger partial charge is 0.397 e. The van der Waals surface area contributed by atoms with E-state index in [2.05, 4.69) is 4.90 Å². The van der Waals surface area contributed by atoms with Crippen molar-refractivity contribution in [1.82, 2.24) is 14.4 Å². The molecular weight excluding hydrogens is 216 g/mol. The Morgan fingerprint density at radius 3 is 2.53 bits per heavy atom. The Bertz CT molecular complexity index is 384. The van der Waals surface area contributed by atoms with Gasteiger partial charge < -0.3 is 20.1 Å². The van der Waals surface area contributed by atoms with Crippen LogP contribution >= 0.6 is 0 Å². The zero-order chi connectivity index (χ0) is 13.0. The molecule has 2 N–H and O–H groups in total. The van der Waals surface area contributed by atoms with Crippen molar-refractivity contribution in [2.75, 3.05) is 40.0 Å². The van der Waals surface area contributed by atoms with Gasteiger partial charge in [0.05, 0.1) is 5.69 Å². The third kappa shape index (κ3) is 3.49. The molecule has 1 heterocycles. The second kappa shape index (κ2) is 5.72. The van der Waals surface area contributed by atoms with Crippen LogP contribution in [0.2, 0.25) is 0 Å². The summed E-state index contributed by atoms with van der Waals surface area (Å²) in [7, 11) is 5.80. The maximum atomic E-state index is 12.2. The number of rotatable bonds is 5. The van der Waals surface area contributed by atoms with Gasteiger partial charge in [0.1, 0.15) is 5.69 Å². The molecule has 0 aliphatic rings. The van der Waals surface area contributed by atoms with Gasteiger partial charge in [0.2, 0.25) is 0 Å². The lowest BCUT2D eigenvalue weighted by molar-refractivity contribution is 0.0776. The lowest BCUT2D eigenvalue weighted by atomic mass is 10.3. The molecule has 1 amide bonds. The molecule has 1 rings (SSSR count). The van der Waals surface area contributed by atoms with Gasteiger partial charge in [-0.05, 0) is 27.1 Å². The molecule has 0 atom stereocenters. The number of aromatic nitrogens is 1. The van der Waals surface area contributed by atoms with Gasteiger partial charge >= 0.3 is 0 Å². The number of nitrogens with two attached hydrogens (primary N) is 1. The van der Waals surface area contributed by atoms with Gasteiger partial charge in [-0.1, -0.05) is 0 Å². The van der Waals surface area contributed by atoms with Crippen molar-refractivity contribution in [2.45, 2.75) is 13.5 Å². The number of amides is 1. The van der Waals surface area contributed by atoms with Crippen LogP contribution < -0.4 is 5.73 Å². The van der Waals surface area contributed by atoms with Crippen molar-refractivity contribution in [1.29, 1.82) is 0 Å². The number of carbonyl (C=O) groups excluding carboxylic acids is 1. The SMILES string of the molecule is CCn1cc(N)cc1C(=O)N(C)CCN(C)C. The normalized spacial score (nSPS) is 10.9. The molecule has 5 nitrogen and oxygen atoms in total. The molecule has 0 radical (unpaired) electrons. The van der Waals surface area contributed by atoms with E-state index in [9.17, 15) is 4.79 Å². The second-order valence-corrected chi connectivity index (χ2v) is 4.47. The molecule has 96 valence electrons. The molecule has 17 heavy (non-hydrogen) atoms. The highest BCUT2D eigenvalue weighted by Gasteiger charge is 2.16. The summed E-state index contributed by atoms with van der Waals surface area (Å²) >= 11 is 0. The molecule has 0 aliphatic heterocycles. The Kier molecular flexibility index (Phi) is 4.57. The molecule has 0 bridgehead atoms. The summed E-state index contributed by atoms with van der Waals surface area (Å²) in [5, 5.41) is 0. The van der Waals surface area contributed by atoms with E-state index in [4.69, 9.17) is 5.73 Å². The molecule has 0 aromatic carbocycles. The highest BCUT2D eigenvalue weighted by molar-refractivity contribution is 5.93. The number of hydrogen-bond donors (Lipinski definition) is 1. The van der Waals surface area contributed by atoms with Gasteiger partial charge in [0, 0.05) is 32.9 Å². The van der Waals surface area contributed by atoms with E-state index in [-0.39, 0.29) is 5.91 Å². The Morgan fingerprint density at radius 1 is 1.35 bits per heavy atom. The molecule has 0 saturated heterocycles. The maximum absolute atomic E-state index is 12.2. The Morgan fingerprint density at radius 2 is 2.00 bits per heavy atom. The average Bonchev–Trinajstić information content (AvgIpc) is 2.66. The van der Waals surface area contributed by atoms with Crippen LogP contribution in [0.5, 0.6) is 0 Å². The molecule has 1 aromatic rings. The Labute approximate surface area is 103 Å². The summed E-state index contributed by atoms with van der Waals surface area (Å²) in [4.78, 5) is 16.0. The predicted octanol–water partition coefficient (Wildman–Crippen LogP) is 0.724. The first kappa shape index (κ1) is 13.6. The summed E-state index contributed by atoms with van der Waals surface area (Å²) in [5.41, 5.74) is 7.01. The van der Waals surface area contributed by atoms with Crippen LogP contribution in [0.4, 0.5) is 5.69 Å². The maximum Gasteiger partial charge on any atom is 0.270 e. The van der Waals surface area contributed by atoms with E-state index >= 15 is 0 Å². The number of nitrogen functional groups attached to an aromatic ring is 1. The molecule has 0 saturated carbocycles. The fraction of sp³-hybridized carbons (Fsp3) is 0.583. The van der Waals surface area contributed by atoms with E-state index in [1.165, 1.54) is 0 Å². The summed E-state index contributed by atoms with van der Waals surface area (Å²) in [6, 6.07) is 1.73. The molecule has 0 aliphatic carbocycles. The zero-order valence-corrected chi connectivity index (χ0v) is 11.1. The van der Waals surface area contributed by atoms with Gasteiger partial charge in [-0.2, -0.15) is 0 Å². The molecule has 0 spiro atoms. The van der Waals surface area contributed by atoms with E-state index in [1.54, 1.807) is 17.2 Å². The summed E-state index contributed by atoms with van der Waals surface area (Å²) in [5.74, 6) is 0.0189. The first-order chi connectivity index (χ1) is 7.95. The van der Waals surface area contributed by atoms with Crippen LogP contribution in [0, 0.1) is 0 Å². The number of aryl methyl sites for hydroxylation is 1. The van der Waals surface area contributed by atoms with Crippen molar-refractivity contribution in [3.05, 3.63) is 18.0 Å². The lowest BCUT2D eigenvalue weighted by Crippen LogP contribution is -2.34. The Hall–Kier alpha value is -1.49. The third-order valence-electron chi connectivity index (χ3n) is 2.71. The number of likely N-dealkylation sites (N-methyl/N-ethyl adjacent to an activating group) is 2. The molecule has 0 fully saturated rings. The van der Waals surface area contributed by atoms with Gasteiger partial charge in [0.25, 0.3) is 5.91 Å². The summed E-state index contributed by atoms with van der Waals surface area (Å²) in [6.07, 6.45) is 1.80. The molecule has 1 aromatic heterocycles. The number of nitrogens with zero attached hydrogens (tertiary/aromatic N) is 3.